The molecule has 2 heteroatoms. The summed E-state index contributed by atoms with van der Waals surface area (Å²) >= 11 is 0. The van der Waals surface area contributed by atoms with Crippen LogP contribution in [0.2, 0.25) is 0 Å². The monoisotopic (exact) mass is 326 g/mol. The molecule has 2 rings (SSSR count). The zero-order valence-electron chi connectivity index (χ0n) is 15.3. The third kappa shape index (κ3) is 5.74. The molecule has 0 fully saturated rings. The smallest absolute Gasteiger partial charge is 0.0395 e. The molecule has 0 saturated carbocycles. The molecule has 132 valence electrons. The van der Waals surface area contributed by atoms with Crippen LogP contribution in [-0.2, 0) is 6.42 Å². The zero-order valence-corrected chi connectivity index (χ0v) is 15.3. The largest absolute Gasteiger partial charge is 0.398 e. The van der Waals surface area contributed by atoms with Crippen LogP contribution in [0.1, 0.15) is 76.7 Å². The minimum atomic E-state index is 0.810. The van der Waals surface area contributed by atoms with Crippen LogP contribution in [0.3, 0.4) is 0 Å². The third-order valence-corrected chi connectivity index (χ3v) is 4.97. The van der Waals surface area contributed by atoms with Crippen LogP contribution in [0, 0.1) is 0 Å². The van der Waals surface area contributed by atoms with Gasteiger partial charge in [0.25, 0.3) is 0 Å². The van der Waals surface area contributed by atoms with E-state index in [1.165, 1.54) is 69.8 Å². The molecule has 0 aliphatic heterocycles. The molecule has 0 aliphatic carbocycles. The summed E-state index contributed by atoms with van der Waals surface area (Å²) in [6.45, 7) is 2.28. The Kier molecular flexibility index (Phi) is 7.94. The van der Waals surface area contributed by atoms with Gasteiger partial charge in [-0.25, -0.2) is 0 Å². The highest BCUT2D eigenvalue weighted by Gasteiger charge is 2.03. The highest BCUT2D eigenvalue weighted by molar-refractivity contribution is 6.00. The van der Waals surface area contributed by atoms with Gasteiger partial charge in [0.2, 0.25) is 0 Å². The molecule has 0 bridgehead atoms. The molecule has 0 unspecified atom stereocenters. The van der Waals surface area contributed by atoms with Gasteiger partial charge in [0.1, 0.15) is 0 Å². The first kappa shape index (κ1) is 18.6. The fourth-order valence-corrected chi connectivity index (χ4v) is 3.41. The third-order valence-electron chi connectivity index (χ3n) is 4.97. The lowest BCUT2D eigenvalue weighted by Crippen LogP contribution is -1.94. The van der Waals surface area contributed by atoms with Crippen LogP contribution in [-0.4, -0.2) is 0 Å². The van der Waals surface area contributed by atoms with Crippen molar-refractivity contribution in [3.8, 4) is 0 Å². The van der Waals surface area contributed by atoms with E-state index in [1.54, 1.807) is 0 Å². The van der Waals surface area contributed by atoms with Crippen LogP contribution >= 0.6 is 0 Å². The molecule has 2 aromatic rings. The van der Waals surface area contributed by atoms with Gasteiger partial charge in [-0.05, 0) is 36.6 Å². The first-order valence-electron chi connectivity index (χ1n) is 9.79. The SMILES string of the molecule is CCCCCCCCCCCCc1ccc2c(N)ccc(N)c2c1. The molecular weight excluding hydrogens is 292 g/mol. The number of nitrogen functional groups attached to an aromatic ring is 2. The summed E-state index contributed by atoms with van der Waals surface area (Å²) in [6, 6.07) is 10.3. The number of rotatable bonds is 11. The van der Waals surface area contributed by atoms with E-state index in [4.69, 9.17) is 11.5 Å². The highest BCUT2D eigenvalue weighted by Crippen LogP contribution is 2.28. The van der Waals surface area contributed by atoms with Gasteiger partial charge in [0, 0.05) is 22.1 Å². The molecule has 0 aromatic heterocycles. The van der Waals surface area contributed by atoms with E-state index in [2.05, 4.69) is 25.1 Å². The van der Waals surface area contributed by atoms with E-state index in [1.807, 2.05) is 12.1 Å². The average Bonchev–Trinajstić information content (AvgIpc) is 2.60. The molecule has 0 radical (unpaired) electrons. The summed E-state index contributed by atoms with van der Waals surface area (Å²) in [5.41, 5.74) is 15.1. The van der Waals surface area contributed by atoms with Crippen molar-refractivity contribution in [2.75, 3.05) is 11.5 Å². The summed E-state index contributed by atoms with van der Waals surface area (Å²) < 4.78 is 0. The molecule has 0 amide bonds. The Morgan fingerprint density at radius 1 is 0.625 bits per heavy atom. The van der Waals surface area contributed by atoms with Crippen LogP contribution in [0.5, 0.6) is 0 Å². The Hall–Kier alpha value is -1.70. The minimum Gasteiger partial charge on any atom is -0.398 e. The Morgan fingerprint density at radius 3 is 1.79 bits per heavy atom. The number of unbranched alkanes of at least 4 members (excludes halogenated alkanes) is 9. The number of aryl methyl sites for hydroxylation is 1. The van der Waals surface area contributed by atoms with Crippen molar-refractivity contribution >= 4 is 22.1 Å². The predicted octanol–water partition coefficient (Wildman–Crippen LogP) is 6.47. The molecule has 0 atom stereocenters. The normalized spacial score (nSPS) is 11.2. The Morgan fingerprint density at radius 2 is 1.17 bits per heavy atom. The van der Waals surface area contributed by atoms with Crippen molar-refractivity contribution in [2.45, 2.75) is 77.6 Å². The van der Waals surface area contributed by atoms with Gasteiger partial charge in [-0.1, -0.05) is 76.8 Å². The first-order chi connectivity index (χ1) is 11.7. The standard InChI is InChI=1S/C22H34N2/c1-2-3-4-5-6-7-8-9-10-11-12-18-13-14-19-20(17-18)22(24)16-15-21(19)23/h13-17H,2-12,23-24H2,1H3. The van der Waals surface area contributed by atoms with E-state index in [-0.39, 0.29) is 0 Å². The molecule has 0 aliphatic rings. The molecule has 2 aromatic carbocycles. The maximum Gasteiger partial charge on any atom is 0.0395 e. The molecule has 0 saturated heterocycles. The van der Waals surface area contributed by atoms with Crippen molar-refractivity contribution < 1.29 is 0 Å². The summed E-state index contributed by atoms with van der Waals surface area (Å²) in [5.74, 6) is 0. The molecule has 24 heavy (non-hydrogen) atoms. The number of benzene rings is 2. The lowest BCUT2D eigenvalue weighted by Gasteiger charge is -2.08. The highest BCUT2D eigenvalue weighted by atomic mass is 14.6. The van der Waals surface area contributed by atoms with E-state index >= 15 is 0 Å². The van der Waals surface area contributed by atoms with E-state index in [0.29, 0.717) is 0 Å². The van der Waals surface area contributed by atoms with Crippen molar-refractivity contribution in [2.24, 2.45) is 0 Å². The quantitative estimate of drug-likeness (QED) is 0.367. The molecule has 4 N–H and O–H groups in total. The summed E-state index contributed by atoms with van der Waals surface area (Å²) in [4.78, 5) is 0. The van der Waals surface area contributed by atoms with Crippen molar-refractivity contribution in [1.82, 2.24) is 0 Å². The average molecular weight is 327 g/mol. The molecule has 0 heterocycles. The van der Waals surface area contributed by atoms with E-state index < -0.39 is 0 Å². The topological polar surface area (TPSA) is 52.0 Å². The van der Waals surface area contributed by atoms with Gasteiger partial charge < -0.3 is 11.5 Å². The summed E-state index contributed by atoms with van der Waals surface area (Å²) in [7, 11) is 0. The number of nitrogens with two attached hydrogens (primary N) is 2. The van der Waals surface area contributed by atoms with Gasteiger partial charge in [-0.2, -0.15) is 0 Å². The van der Waals surface area contributed by atoms with Crippen LogP contribution in [0.4, 0.5) is 11.4 Å². The van der Waals surface area contributed by atoms with E-state index in [0.717, 1.165) is 28.6 Å². The second-order valence-corrected chi connectivity index (χ2v) is 7.06. The number of anilines is 2. The second-order valence-electron chi connectivity index (χ2n) is 7.06. The second kappa shape index (κ2) is 10.2. The van der Waals surface area contributed by atoms with Crippen molar-refractivity contribution in [3.05, 3.63) is 35.9 Å². The van der Waals surface area contributed by atoms with Gasteiger partial charge in [-0.3, -0.25) is 0 Å². The fraction of sp³-hybridized carbons (Fsp3) is 0.545. The number of hydrogen-bond donors (Lipinski definition) is 2. The van der Waals surface area contributed by atoms with Gasteiger partial charge in [0.05, 0.1) is 0 Å². The summed E-state index contributed by atoms with van der Waals surface area (Å²) in [6.07, 6.45) is 14.9. The van der Waals surface area contributed by atoms with E-state index in [9.17, 15) is 0 Å². The predicted molar refractivity (Wildman–Crippen MR) is 108 cm³/mol. The maximum absolute atomic E-state index is 6.09. The Bertz CT molecular complexity index is 619. The molecule has 0 spiro atoms. The first-order valence-corrected chi connectivity index (χ1v) is 9.79. The lowest BCUT2D eigenvalue weighted by atomic mass is 10.00. The number of fused-ring (bicyclic) bond motifs is 1. The lowest BCUT2D eigenvalue weighted by molar-refractivity contribution is 0.556. The van der Waals surface area contributed by atoms with Crippen molar-refractivity contribution in [3.63, 3.8) is 0 Å². The van der Waals surface area contributed by atoms with Crippen LogP contribution in [0.25, 0.3) is 10.8 Å². The Balaban J connectivity index is 1.66. The summed E-state index contributed by atoms with van der Waals surface area (Å²) in [5, 5.41) is 2.17. The van der Waals surface area contributed by atoms with Gasteiger partial charge in [0.15, 0.2) is 0 Å². The zero-order chi connectivity index (χ0) is 17.2. The van der Waals surface area contributed by atoms with Crippen LogP contribution in [0.15, 0.2) is 30.3 Å². The fourth-order valence-electron chi connectivity index (χ4n) is 3.41. The number of hydrogen-bond acceptors (Lipinski definition) is 2. The minimum absolute atomic E-state index is 0.810. The van der Waals surface area contributed by atoms with Crippen molar-refractivity contribution in [1.29, 1.82) is 0 Å². The molecular formula is C22H34N2. The Labute approximate surface area is 147 Å². The maximum atomic E-state index is 6.09. The van der Waals surface area contributed by atoms with Gasteiger partial charge in [-0.15, -0.1) is 0 Å². The molecule has 2 nitrogen and oxygen atoms in total. The van der Waals surface area contributed by atoms with Gasteiger partial charge >= 0.3 is 0 Å². The van der Waals surface area contributed by atoms with Crippen LogP contribution < -0.4 is 11.5 Å².